The van der Waals surface area contributed by atoms with Gasteiger partial charge in [0.05, 0.1) is 0 Å². The van der Waals surface area contributed by atoms with E-state index in [4.69, 9.17) is 0 Å². The van der Waals surface area contributed by atoms with Crippen LogP contribution in [0.5, 0.6) is 0 Å². The molecule has 0 aliphatic carbocycles. The molecule has 4 heteroatoms. The minimum absolute atomic E-state index is 0.0336. The lowest BCUT2D eigenvalue weighted by atomic mass is 10.0. The number of H-pyrrole nitrogens is 1. The van der Waals surface area contributed by atoms with Crippen molar-refractivity contribution in [2.75, 3.05) is 18.0 Å². The normalized spacial score (nSPS) is 15.3. The quantitative estimate of drug-likeness (QED) is 0.384. The average molecular weight is 436 g/mol. The molecule has 1 aliphatic rings. The Balaban J connectivity index is 1.35. The molecule has 1 aromatic heterocycles. The number of hydrogen-bond donors (Lipinski definition) is 1. The predicted octanol–water partition coefficient (Wildman–Crippen LogP) is 5.88. The summed E-state index contributed by atoms with van der Waals surface area (Å²) in [4.78, 5) is 21.3. The zero-order valence-electron chi connectivity index (χ0n) is 18.7. The molecular weight excluding hydrogens is 406 g/mol. The van der Waals surface area contributed by atoms with Crippen molar-refractivity contribution in [1.82, 2.24) is 9.88 Å². The van der Waals surface area contributed by atoms with Crippen molar-refractivity contribution in [3.05, 3.63) is 108 Å². The number of fused-ring (bicyclic) bond motifs is 1. The Labute approximate surface area is 195 Å². The van der Waals surface area contributed by atoms with Crippen LogP contribution in [0, 0.1) is 0 Å². The van der Waals surface area contributed by atoms with Gasteiger partial charge >= 0.3 is 0 Å². The summed E-state index contributed by atoms with van der Waals surface area (Å²) in [6.45, 7) is 2.93. The number of nitrogens with zero attached hydrogens (tertiary/aromatic N) is 2. The lowest BCUT2D eigenvalue weighted by molar-refractivity contribution is -0.114. The fourth-order valence-corrected chi connectivity index (χ4v) is 4.69. The highest BCUT2D eigenvalue weighted by molar-refractivity contribution is 6.05. The number of nitrogens with one attached hydrogen (secondary N) is 1. The number of hydrogen-bond acceptors (Lipinski definition) is 2. The van der Waals surface area contributed by atoms with Crippen LogP contribution < -0.4 is 4.90 Å². The molecule has 1 saturated heterocycles. The van der Waals surface area contributed by atoms with E-state index in [9.17, 15) is 4.79 Å². The summed E-state index contributed by atoms with van der Waals surface area (Å²) in [5.74, 6) is 0.0336. The highest BCUT2D eigenvalue weighted by Crippen LogP contribution is 2.28. The van der Waals surface area contributed by atoms with Crippen molar-refractivity contribution < 1.29 is 4.79 Å². The van der Waals surface area contributed by atoms with Gasteiger partial charge in [0, 0.05) is 49.2 Å². The molecular formula is C29H29N3O. The van der Waals surface area contributed by atoms with E-state index >= 15 is 0 Å². The Hall–Kier alpha value is -3.63. The van der Waals surface area contributed by atoms with Gasteiger partial charge in [0.25, 0.3) is 5.91 Å². The Kier molecular flexibility index (Phi) is 6.36. The van der Waals surface area contributed by atoms with Crippen LogP contribution in [-0.4, -0.2) is 34.9 Å². The van der Waals surface area contributed by atoms with E-state index in [0.717, 1.165) is 54.6 Å². The fourth-order valence-electron chi connectivity index (χ4n) is 4.69. The van der Waals surface area contributed by atoms with Gasteiger partial charge in [-0.2, -0.15) is 0 Å². The maximum Gasteiger partial charge on any atom is 0.251 e. The molecule has 0 spiro atoms. The summed E-state index contributed by atoms with van der Waals surface area (Å²) in [6.07, 6.45) is 7.48. The van der Waals surface area contributed by atoms with Gasteiger partial charge in [0.1, 0.15) is 0 Å². The fraction of sp³-hybridized carbons (Fsp3) is 0.207. The summed E-state index contributed by atoms with van der Waals surface area (Å²) in [5.41, 5.74) is 4.38. The van der Waals surface area contributed by atoms with Gasteiger partial charge < -0.3 is 9.88 Å². The second kappa shape index (κ2) is 9.88. The minimum Gasteiger partial charge on any atom is -0.361 e. The van der Waals surface area contributed by atoms with E-state index in [-0.39, 0.29) is 11.9 Å². The second-order valence-corrected chi connectivity index (χ2v) is 8.69. The monoisotopic (exact) mass is 435 g/mol. The molecule has 5 rings (SSSR count). The first-order chi connectivity index (χ1) is 16.3. The van der Waals surface area contributed by atoms with E-state index in [0.29, 0.717) is 0 Å². The van der Waals surface area contributed by atoms with E-state index < -0.39 is 0 Å². The molecule has 4 aromatic rings. The predicted molar refractivity (Wildman–Crippen MR) is 136 cm³/mol. The largest absolute Gasteiger partial charge is 0.361 e. The number of carbonyl (C=O) groups is 1. The highest BCUT2D eigenvalue weighted by Gasteiger charge is 2.28. The number of likely N-dealkylation sites (tertiary alicyclic amines) is 1. The molecule has 166 valence electrons. The van der Waals surface area contributed by atoms with E-state index in [1.165, 1.54) is 5.56 Å². The summed E-state index contributed by atoms with van der Waals surface area (Å²) in [5, 5.41) is 1.16. The Morgan fingerprint density at radius 3 is 2.42 bits per heavy atom. The molecule has 33 heavy (non-hydrogen) atoms. The maximum atomic E-state index is 13.5. The highest BCUT2D eigenvalue weighted by atomic mass is 16.2. The smallest absolute Gasteiger partial charge is 0.251 e. The lowest BCUT2D eigenvalue weighted by Gasteiger charge is -2.38. The van der Waals surface area contributed by atoms with Crippen molar-refractivity contribution in [2.24, 2.45) is 0 Å². The van der Waals surface area contributed by atoms with Crippen LogP contribution in [0.2, 0.25) is 0 Å². The van der Waals surface area contributed by atoms with Gasteiger partial charge in [-0.25, -0.2) is 0 Å². The van der Waals surface area contributed by atoms with Gasteiger partial charge in [-0.1, -0.05) is 66.7 Å². The molecule has 3 aromatic carbocycles. The summed E-state index contributed by atoms with van der Waals surface area (Å²) < 4.78 is 0. The van der Waals surface area contributed by atoms with Gasteiger partial charge in [0.2, 0.25) is 0 Å². The van der Waals surface area contributed by atoms with Crippen molar-refractivity contribution >= 4 is 28.6 Å². The maximum absolute atomic E-state index is 13.5. The Bertz CT molecular complexity index is 1220. The van der Waals surface area contributed by atoms with Crippen LogP contribution in [0.4, 0.5) is 5.69 Å². The zero-order chi connectivity index (χ0) is 22.5. The van der Waals surface area contributed by atoms with Gasteiger partial charge in [0.15, 0.2) is 0 Å². The van der Waals surface area contributed by atoms with E-state index in [2.05, 4.69) is 64.5 Å². The van der Waals surface area contributed by atoms with Crippen LogP contribution in [0.1, 0.15) is 24.0 Å². The molecule has 0 bridgehead atoms. The number of carbonyl (C=O) groups excluding carboxylic acids is 1. The number of aromatic amines is 1. The van der Waals surface area contributed by atoms with Crippen molar-refractivity contribution in [3.63, 3.8) is 0 Å². The zero-order valence-corrected chi connectivity index (χ0v) is 18.7. The molecule has 4 nitrogen and oxygen atoms in total. The molecule has 1 fully saturated rings. The minimum atomic E-state index is 0.0336. The van der Waals surface area contributed by atoms with E-state index in [1.807, 2.05) is 47.5 Å². The molecule has 1 aliphatic heterocycles. The van der Waals surface area contributed by atoms with Crippen molar-refractivity contribution in [2.45, 2.75) is 25.4 Å². The third-order valence-electron chi connectivity index (χ3n) is 6.44. The third-order valence-corrected chi connectivity index (χ3v) is 6.44. The molecule has 2 heterocycles. The SMILES string of the molecule is O=C(C=Cc1ccccc1)N(c1ccc2cc[nH]c2c1)C1CCN(Cc2ccccc2)CC1. The van der Waals surface area contributed by atoms with Crippen LogP contribution in [0.3, 0.4) is 0 Å². The summed E-state index contributed by atoms with van der Waals surface area (Å²) >= 11 is 0. The molecule has 1 amide bonds. The number of aromatic nitrogens is 1. The first kappa shape index (κ1) is 21.2. The number of amides is 1. The number of piperidine rings is 1. The van der Waals surface area contributed by atoms with Gasteiger partial charge in [-0.15, -0.1) is 0 Å². The molecule has 0 radical (unpaired) electrons. The lowest BCUT2D eigenvalue weighted by Crippen LogP contribution is -2.47. The molecule has 0 saturated carbocycles. The molecule has 0 atom stereocenters. The number of anilines is 1. The second-order valence-electron chi connectivity index (χ2n) is 8.69. The number of rotatable bonds is 6. The number of benzene rings is 3. The van der Waals surface area contributed by atoms with Crippen LogP contribution in [-0.2, 0) is 11.3 Å². The van der Waals surface area contributed by atoms with Crippen LogP contribution in [0.15, 0.2) is 97.2 Å². The standard InChI is InChI=1S/C29H29N3O/c33-29(14-11-23-7-3-1-4-8-23)32(27-13-12-25-15-18-30-28(25)21-27)26-16-19-31(20-17-26)22-24-9-5-2-6-10-24/h1-15,18,21,26,30H,16-17,19-20,22H2. The topological polar surface area (TPSA) is 39.3 Å². The first-order valence-electron chi connectivity index (χ1n) is 11.7. The van der Waals surface area contributed by atoms with E-state index in [1.54, 1.807) is 6.08 Å². The Morgan fingerprint density at radius 2 is 1.67 bits per heavy atom. The van der Waals surface area contributed by atoms with Crippen LogP contribution >= 0.6 is 0 Å². The van der Waals surface area contributed by atoms with Gasteiger partial charge in [-0.05, 0) is 53.6 Å². The Morgan fingerprint density at radius 1 is 0.939 bits per heavy atom. The van der Waals surface area contributed by atoms with Crippen molar-refractivity contribution in [3.8, 4) is 0 Å². The van der Waals surface area contributed by atoms with Crippen molar-refractivity contribution in [1.29, 1.82) is 0 Å². The van der Waals surface area contributed by atoms with Gasteiger partial charge in [-0.3, -0.25) is 9.69 Å². The summed E-state index contributed by atoms with van der Waals surface area (Å²) in [6, 6.07) is 29.1. The third kappa shape index (κ3) is 5.07. The first-order valence-corrected chi connectivity index (χ1v) is 11.7. The molecule has 0 unspecified atom stereocenters. The summed E-state index contributed by atoms with van der Waals surface area (Å²) in [7, 11) is 0. The van der Waals surface area contributed by atoms with Crippen LogP contribution in [0.25, 0.3) is 17.0 Å². The molecule has 1 N–H and O–H groups in total. The average Bonchev–Trinajstić information content (AvgIpc) is 3.33.